The van der Waals surface area contributed by atoms with E-state index in [-0.39, 0.29) is 0 Å². The lowest BCUT2D eigenvalue weighted by Gasteiger charge is -1.95. The molecule has 2 heterocycles. The molecule has 25 heavy (non-hydrogen) atoms. The molecule has 0 aliphatic heterocycles. The first-order valence-electron chi connectivity index (χ1n) is 9.57. The number of fused-ring (bicyclic) bond motifs is 6. The molecule has 0 spiro atoms. The van der Waals surface area contributed by atoms with E-state index in [9.17, 15) is 0 Å². The van der Waals surface area contributed by atoms with Gasteiger partial charge in [-0.1, -0.05) is 96.1 Å². The lowest BCUT2D eigenvalue weighted by atomic mass is 10.1. The van der Waals surface area contributed by atoms with Gasteiger partial charge in [-0.15, -0.1) is 0 Å². The van der Waals surface area contributed by atoms with E-state index in [0.29, 0.717) is 0 Å². The lowest BCUT2D eigenvalue weighted by Crippen LogP contribution is -1.78. The first-order chi connectivity index (χ1) is 12.4. The van der Waals surface area contributed by atoms with Crippen LogP contribution in [0.2, 0.25) is 0 Å². The topological polar surface area (TPSA) is 4.41 Å². The van der Waals surface area contributed by atoms with Gasteiger partial charge in [-0.3, -0.25) is 0 Å². The molecule has 0 unspecified atom stereocenters. The number of rotatable bonds is 0. The van der Waals surface area contributed by atoms with Crippen molar-refractivity contribution in [3.63, 3.8) is 0 Å². The molecule has 0 saturated heterocycles. The zero-order valence-corrected chi connectivity index (χ0v) is 16.3. The van der Waals surface area contributed by atoms with Crippen molar-refractivity contribution < 1.29 is 0 Å². The Kier molecular flexibility index (Phi) is 6.41. The van der Waals surface area contributed by atoms with E-state index < -0.39 is 0 Å². The number of hydrogen-bond acceptors (Lipinski definition) is 0. The van der Waals surface area contributed by atoms with Gasteiger partial charge in [0.2, 0.25) is 0 Å². The number of aromatic nitrogens is 1. The second kappa shape index (κ2) is 8.53. The van der Waals surface area contributed by atoms with Crippen LogP contribution in [0.4, 0.5) is 0 Å². The maximum atomic E-state index is 2.40. The molecule has 0 bridgehead atoms. The summed E-state index contributed by atoms with van der Waals surface area (Å²) in [4.78, 5) is 0. The van der Waals surface area contributed by atoms with Crippen molar-refractivity contribution in [1.29, 1.82) is 0 Å². The molecule has 1 heteroatoms. The quantitative estimate of drug-likeness (QED) is 0.271. The van der Waals surface area contributed by atoms with E-state index in [1.54, 1.807) is 0 Å². The third kappa shape index (κ3) is 2.84. The summed E-state index contributed by atoms with van der Waals surface area (Å²) in [5, 5.41) is 5.39. The van der Waals surface area contributed by atoms with E-state index in [0.717, 1.165) is 0 Å². The Hall–Kier alpha value is -2.54. The first-order valence-corrected chi connectivity index (χ1v) is 9.57. The molecule has 0 amide bonds. The minimum atomic E-state index is 1.30. The van der Waals surface area contributed by atoms with Crippen molar-refractivity contribution in [2.24, 2.45) is 0 Å². The van der Waals surface area contributed by atoms with Gasteiger partial charge >= 0.3 is 0 Å². The number of para-hydroxylation sites is 3. The SMILES string of the molecule is CC.CC.CC.c1ccc2c(c1)c1cccc3c4ccccc4n2c13. The summed E-state index contributed by atoms with van der Waals surface area (Å²) in [5.41, 5.74) is 3.95. The van der Waals surface area contributed by atoms with Crippen LogP contribution in [-0.2, 0) is 0 Å². The van der Waals surface area contributed by atoms with E-state index >= 15 is 0 Å². The van der Waals surface area contributed by atoms with Gasteiger partial charge in [-0.05, 0) is 12.1 Å². The predicted molar refractivity (Wildman–Crippen MR) is 115 cm³/mol. The third-order valence-electron chi connectivity index (χ3n) is 4.13. The third-order valence-corrected chi connectivity index (χ3v) is 4.13. The standard InChI is InChI=1S/C18H11N.3C2H6/c1-3-10-16-12(6-1)14-8-5-9-15-13-7-2-4-11-17(13)19(16)18(14)15;3*1-2/h1-11H;3*1-2H3. The molecule has 0 N–H and O–H groups in total. The van der Waals surface area contributed by atoms with Gasteiger partial charge in [0.1, 0.15) is 0 Å². The van der Waals surface area contributed by atoms with Crippen LogP contribution in [0.3, 0.4) is 0 Å². The Bertz CT molecular complexity index is 973. The van der Waals surface area contributed by atoms with Gasteiger partial charge in [0, 0.05) is 21.5 Å². The van der Waals surface area contributed by atoms with Crippen molar-refractivity contribution in [1.82, 2.24) is 4.40 Å². The number of benzene rings is 3. The molecule has 0 atom stereocenters. The summed E-state index contributed by atoms with van der Waals surface area (Å²) in [6.45, 7) is 12.0. The maximum Gasteiger partial charge on any atom is 0.0620 e. The van der Waals surface area contributed by atoms with Crippen LogP contribution in [0.25, 0.3) is 38.1 Å². The Morgan fingerprint density at radius 1 is 0.440 bits per heavy atom. The van der Waals surface area contributed by atoms with Crippen LogP contribution < -0.4 is 0 Å². The molecule has 130 valence electrons. The van der Waals surface area contributed by atoms with Gasteiger partial charge in [0.15, 0.2) is 0 Å². The fraction of sp³-hybridized carbons (Fsp3) is 0.250. The fourth-order valence-corrected chi connectivity index (χ4v) is 3.38. The fourth-order valence-electron chi connectivity index (χ4n) is 3.38. The van der Waals surface area contributed by atoms with Crippen molar-refractivity contribution in [3.05, 3.63) is 66.7 Å². The highest BCUT2D eigenvalue weighted by atomic mass is 14.9. The summed E-state index contributed by atoms with van der Waals surface area (Å²) in [6, 6.07) is 23.9. The molecule has 0 saturated carbocycles. The number of nitrogens with zero attached hydrogens (tertiary/aromatic N) is 1. The normalized spacial score (nSPS) is 10.0. The van der Waals surface area contributed by atoms with Gasteiger partial charge in [-0.25, -0.2) is 0 Å². The highest BCUT2D eigenvalue weighted by Crippen LogP contribution is 2.38. The van der Waals surface area contributed by atoms with E-state index in [1.807, 2.05) is 41.5 Å². The Labute approximate surface area is 151 Å². The van der Waals surface area contributed by atoms with E-state index in [4.69, 9.17) is 0 Å². The van der Waals surface area contributed by atoms with Crippen LogP contribution >= 0.6 is 0 Å². The molecule has 0 radical (unpaired) electrons. The smallest absolute Gasteiger partial charge is 0.0620 e. The average Bonchev–Trinajstić information content (AvgIpc) is 3.25. The van der Waals surface area contributed by atoms with Gasteiger partial charge < -0.3 is 4.40 Å². The first kappa shape index (κ1) is 18.8. The molecule has 0 aliphatic carbocycles. The van der Waals surface area contributed by atoms with Crippen LogP contribution in [0.15, 0.2) is 66.7 Å². The van der Waals surface area contributed by atoms with E-state index in [1.165, 1.54) is 38.1 Å². The second-order valence-corrected chi connectivity index (χ2v) is 5.07. The summed E-state index contributed by atoms with van der Waals surface area (Å²) in [6.07, 6.45) is 0. The largest absolute Gasteiger partial charge is 0.308 e. The van der Waals surface area contributed by atoms with Crippen LogP contribution in [0, 0.1) is 0 Å². The Morgan fingerprint density at radius 2 is 0.800 bits per heavy atom. The molecular weight excluding hydrogens is 302 g/mol. The zero-order chi connectivity index (χ0) is 18.4. The minimum Gasteiger partial charge on any atom is -0.308 e. The predicted octanol–water partition coefficient (Wildman–Crippen LogP) is 7.92. The van der Waals surface area contributed by atoms with Crippen LogP contribution in [-0.4, -0.2) is 4.40 Å². The van der Waals surface area contributed by atoms with Crippen molar-refractivity contribution in [2.75, 3.05) is 0 Å². The van der Waals surface area contributed by atoms with Crippen molar-refractivity contribution in [2.45, 2.75) is 41.5 Å². The second-order valence-electron chi connectivity index (χ2n) is 5.07. The highest BCUT2D eigenvalue weighted by molar-refractivity contribution is 6.23. The molecule has 5 rings (SSSR count). The Morgan fingerprint density at radius 3 is 1.24 bits per heavy atom. The van der Waals surface area contributed by atoms with E-state index in [2.05, 4.69) is 71.1 Å². The van der Waals surface area contributed by atoms with Gasteiger partial charge in [-0.2, -0.15) is 0 Å². The minimum absolute atomic E-state index is 1.30. The zero-order valence-electron chi connectivity index (χ0n) is 16.3. The average molecular weight is 332 g/mol. The molecule has 3 aromatic carbocycles. The molecule has 0 fully saturated rings. The summed E-state index contributed by atoms with van der Waals surface area (Å²) < 4.78 is 2.40. The van der Waals surface area contributed by atoms with Gasteiger partial charge in [0.05, 0.1) is 16.6 Å². The monoisotopic (exact) mass is 331 g/mol. The van der Waals surface area contributed by atoms with Crippen molar-refractivity contribution in [3.8, 4) is 0 Å². The van der Waals surface area contributed by atoms with Crippen molar-refractivity contribution >= 4 is 38.1 Å². The lowest BCUT2D eigenvalue weighted by molar-refractivity contribution is 1.37. The molecular formula is C24H29N. The summed E-state index contributed by atoms with van der Waals surface area (Å²) in [7, 11) is 0. The molecule has 0 aliphatic rings. The molecule has 1 nitrogen and oxygen atoms in total. The number of hydrogen-bond donors (Lipinski definition) is 0. The molecule has 5 aromatic rings. The summed E-state index contributed by atoms with van der Waals surface area (Å²) >= 11 is 0. The summed E-state index contributed by atoms with van der Waals surface area (Å²) in [5.74, 6) is 0. The van der Waals surface area contributed by atoms with Gasteiger partial charge in [0.25, 0.3) is 0 Å². The molecule has 2 aromatic heterocycles. The highest BCUT2D eigenvalue weighted by Gasteiger charge is 2.15. The van der Waals surface area contributed by atoms with Crippen LogP contribution in [0.1, 0.15) is 41.5 Å². The maximum absolute atomic E-state index is 2.40. The van der Waals surface area contributed by atoms with Crippen LogP contribution in [0.5, 0.6) is 0 Å². The Balaban J connectivity index is 0.000000344.